The number of nitriles is 1. The molecule has 0 aromatic rings. The number of halogens is 1. The van der Waals surface area contributed by atoms with Gasteiger partial charge in [-0.15, -0.1) is 0 Å². The maximum atomic E-state index is 12.1. The monoisotopic (exact) mass is 158 g/mol. The zero-order valence-corrected chi connectivity index (χ0v) is 6.63. The summed E-state index contributed by atoms with van der Waals surface area (Å²) in [5, 5.41) is 19.4. The van der Waals surface area contributed by atoms with Crippen LogP contribution in [0.15, 0.2) is 5.16 Å². The van der Waals surface area contributed by atoms with Crippen LogP contribution in [-0.2, 0) is 0 Å². The van der Waals surface area contributed by atoms with Gasteiger partial charge in [0.05, 0.1) is 11.8 Å². The molecule has 0 fully saturated rings. The van der Waals surface area contributed by atoms with Crippen LogP contribution in [-0.4, -0.2) is 17.6 Å². The van der Waals surface area contributed by atoms with Gasteiger partial charge in [-0.2, -0.15) is 5.26 Å². The Kier molecular flexibility index (Phi) is 3.52. The molecule has 0 radical (unpaired) electrons. The van der Waals surface area contributed by atoms with Crippen LogP contribution in [0.25, 0.3) is 0 Å². The van der Waals surface area contributed by atoms with E-state index in [-0.39, 0.29) is 12.1 Å². The first kappa shape index (κ1) is 9.89. The summed E-state index contributed by atoms with van der Waals surface area (Å²) in [4.78, 5) is 0. The van der Waals surface area contributed by atoms with E-state index in [0.29, 0.717) is 0 Å². The molecule has 0 saturated heterocycles. The van der Waals surface area contributed by atoms with Gasteiger partial charge in [0, 0.05) is 11.8 Å². The second-order valence-corrected chi connectivity index (χ2v) is 2.90. The van der Waals surface area contributed by atoms with E-state index < -0.39 is 12.1 Å². The van der Waals surface area contributed by atoms with Crippen LogP contribution in [0.2, 0.25) is 0 Å². The maximum absolute atomic E-state index is 12.1. The van der Waals surface area contributed by atoms with E-state index in [1.807, 2.05) is 6.07 Å². The lowest BCUT2D eigenvalue weighted by Crippen LogP contribution is -2.25. The van der Waals surface area contributed by atoms with Crippen LogP contribution in [0.4, 0.5) is 4.39 Å². The molecule has 11 heavy (non-hydrogen) atoms. The highest BCUT2D eigenvalue weighted by Crippen LogP contribution is 2.21. The number of hydrogen-bond acceptors (Lipinski definition) is 3. The topological polar surface area (TPSA) is 56.4 Å². The molecule has 0 spiro atoms. The number of oxime groups is 1. The van der Waals surface area contributed by atoms with Crippen molar-refractivity contribution in [3.8, 4) is 6.07 Å². The minimum absolute atomic E-state index is 0.0130. The van der Waals surface area contributed by atoms with E-state index in [9.17, 15) is 4.39 Å². The van der Waals surface area contributed by atoms with Gasteiger partial charge in [-0.3, -0.25) is 0 Å². The standard InChI is InChI=1S/C7H11FN2O/c1-7(2,3-4-9)6(5-8)10-11/h11H,3,5H2,1-2H3. The highest BCUT2D eigenvalue weighted by molar-refractivity contribution is 5.90. The molecule has 0 aromatic carbocycles. The van der Waals surface area contributed by atoms with E-state index >= 15 is 0 Å². The van der Waals surface area contributed by atoms with E-state index in [1.54, 1.807) is 13.8 Å². The molecular weight excluding hydrogens is 147 g/mol. The van der Waals surface area contributed by atoms with Gasteiger partial charge in [-0.1, -0.05) is 19.0 Å². The second-order valence-electron chi connectivity index (χ2n) is 2.90. The maximum Gasteiger partial charge on any atom is 0.131 e. The largest absolute Gasteiger partial charge is 0.411 e. The molecule has 0 heterocycles. The van der Waals surface area contributed by atoms with Crippen molar-refractivity contribution in [1.29, 1.82) is 5.26 Å². The fraction of sp³-hybridized carbons (Fsp3) is 0.714. The molecule has 0 atom stereocenters. The summed E-state index contributed by atoms with van der Waals surface area (Å²) in [5.41, 5.74) is -0.655. The summed E-state index contributed by atoms with van der Waals surface area (Å²) in [6, 6.07) is 1.90. The van der Waals surface area contributed by atoms with E-state index in [2.05, 4.69) is 5.16 Å². The van der Waals surface area contributed by atoms with Crippen molar-refractivity contribution >= 4 is 5.71 Å². The third-order valence-corrected chi connectivity index (χ3v) is 1.55. The Morgan fingerprint density at radius 3 is 2.55 bits per heavy atom. The second kappa shape index (κ2) is 3.91. The molecule has 0 aliphatic rings. The quantitative estimate of drug-likeness (QED) is 0.386. The SMILES string of the molecule is CC(C)(CC#N)C(CF)=NO. The minimum atomic E-state index is -0.814. The predicted molar refractivity (Wildman–Crippen MR) is 39.2 cm³/mol. The van der Waals surface area contributed by atoms with Gasteiger partial charge in [-0.05, 0) is 0 Å². The first-order chi connectivity index (χ1) is 5.08. The normalized spacial score (nSPS) is 12.7. The summed E-state index contributed by atoms with van der Waals surface area (Å²) in [7, 11) is 0. The van der Waals surface area contributed by atoms with Crippen LogP contribution >= 0.6 is 0 Å². The van der Waals surface area contributed by atoms with Crippen LogP contribution < -0.4 is 0 Å². The molecule has 0 rings (SSSR count). The zero-order valence-electron chi connectivity index (χ0n) is 6.63. The van der Waals surface area contributed by atoms with Crippen molar-refractivity contribution in [2.45, 2.75) is 20.3 Å². The lowest BCUT2D eigenvalue weighted by molar-refractivity contribution is 0.303. The fourth-order valence-corrected chi connectivity index (χ4v) is 0.643. The Morgan fingerprint density at radius 2 is 2.27 bits per heavy atom. The Hall–Kier alpha value is -1.11. The van der Waals surface area contributed by atoms with E-state index in [0.717, 1.165) is 0 Å². The highest BCUT2D eigenvalue weighted by Gasteiger charge is 2.25. The van der Waals surface area contributed by atoms with E-state index in [4.69, 9.17) is 10.5 Å². The van der Waals surface area contributed by atoms with Gasteiger partial charge < -0.3 is 5.21 Å². The molecule has 0 aliphatic heterocycles. The van der Waals surface area contributed by atoms with Gasteiger partial charge in [-0.25, -0.2) is 4.39 Å². The Balaban J connectivity index is 4.41. The molecule has 0 unspecified atom stereocenters. The average molecular weight is 158 g/mol. The summed E-state index contributed by atoms with van der Waals surface area (Å²) in [5.74, 6) is 0. The summed E-state index contributed by atoms with van der Waals surface area (Å²) < 4.78 is 12.1. The number of nitrogens with zero attached hydrogens (tertiary/aromatic N) is 2. The first-order valence-electron chi connectivity index (χ1n) is 3.23. The fourth-order valence-electron chi connectivity index (χ4n) is 0.643. The minimum Gasteiger partial charge on any atom is -0.411 e. The Morgan fingerprint density at radius 1 is 1.73 bits per heavy atom. The number of alkyl halides is 1. The summed E-state index contributed by atoms with van der Waals surface area (Å²) >= 11 is 0. The van der Waals surface area contributed by atoms with Crippen molar-refractivity contribution in [2.24, 2.45) is 10.6 Å². The van der Waals surface area contributed by atoms with Crippen LogP contribution in [0.1, 0.15) is 20.3 Å². The first-order valence-corrected chi connectivity index (χ1v) is 3.23. The van der Waals surface area contributed by atoms with Crippen LogP contribution in [0.3, 0.4) is 0 Å². The third kappa shape index (κ3) is 2.54. The van der Waals surface area contributed by atoms with Crippen molar-refractivity contribution in [2.75, 3.05) is 6.67 Å². The van der Waals surface area contributed by atoms with Gasteiger partial charge in [0.15, 0.2) is 0 Å². The van der Waals surface area contributed by atoms with Gasteiger partial charge in [0.2, 0.25) is 0 Å². The number of hydrogen-bond donors (Lipinski definition) is 1. The molecule has 0 saturated carbocycles. The van der Waals surface area contributed by atoms with Gasteiger partial charge >= 0.3 is 0 Å². The molecule has 3 nitrogen and oxygen atoms in total. The van der Waals surface area contributed by atoms with Crippen molar-refractivity contribution in [3.05, 3.63) is 0 Å². The molecule has 0 aromatic heterocycles. The van der Waals surface area contributed by atoms with E-state index in [1.165, 1.54) is 0 Å². The summed E-state index contributed by atoms with van der Waals surface area (Å²) in [6.45, 7) is 2.50. The van der Waals surface area contributed by atoms with Crippen LogP contribution in [0, 0.1) is 16.7 Å². The Labute approximate surface area is 65.1 Å². The Bertz CT molecular complexity index is 193. The molecule has 1 N–H and O–H groups in total. The highest BCUT2D eigenvalue weighted by atomic mass is 19.1. The smallest absolute Gasteiger partial charge is 0.131 e. The predicted octanol–water partition coefficient (Wildman–Crippen LogP) is 1.73. The molecule has 0 bridgehead atoms. The van der Waals surface area contributed by atoms with Gasteiger partial charge in [0.1, 0.15) is 6.67 Å². The molecule has 62 valence electrons. The van der Waals surface area contributed by atoms with Gasteiger partial charge in [0.25, 0.3) is 0 Å². The van der Waals surface area contributed by atoms with Crippen molar-refractivity contribution in [3.63, 3.8) is 0 Å². The lowest BCUT2D eigenvalue weighted by atomic mass is 9.85. The lowest BCUT2D eigenvalue weighted by Gasteiger charge is -2.19. The molecule has 0 amide bonds. The number of rotatable bonds is 3. The molecular formula is C7H11FN2O. The molecule has 4 heteroatoms. The van der Waals surface area contributed by atoms with Crippen molar-refractivity contribution < 1.29 is 9.60 Å². The van der Waals surface area contributed by atoms with Crippen molar-refractivity contribution in [1.82, 2.24) is 0 Å². The average Bonchev–Trinajstić information content (AvgIpc) is 1.89. The molecule has 0 aliphatic carbocycles. The van der Waals surface area contributed by atoms with Crippen LogP contribution in [0.5, 0.6) is 0 Å². The summed E-state index contributed by atoms with van der Waals surface area (Å²) in [6.07, 6.45) is 0.149. The zero-order chi connectivity index (χ0) is 8.91. The third-order valence-electron chi connectivity index (χ3n) is 1.55.